The molecule has 2 atom stereocenters. The van der Waals surface area contributed by atoms with Crippen LogP contribution in [0.3, 0.4) is 0 Å². The molecule has 0 saturated heterocycles. The molecule has 1 aliphatic heterocycles. The van der Waals surface area contributed by atoms with Crippen LogP contribution in [0.25, 0.3) is 5.57 Å². The number of nitrogens with zero attached hydrogens (tertiary/aromatic N) is 3. The molecule has 0 fully saturated rings. The average Bonchev–Trinajstić information content (AvgIpc) is 3.36. The molecule has 154 valence electrons. The minimum atomic E-state index is -0.795. The number of hydrogen-bond donors (Lipinski definition) is 1. The summed E-state index contributed by atoms with van der Waals surface area (Å²) in [4.78, 5) is 19.1. The molecule has 0 bridgehead atoms. The summed E-state index contributed by atoms with van der Waals surface area (Å²) in [6.45, 7) is 0.148. The Morgan fingerprint density at radius 2 is 2.00 bits per heavy atom. The van der Waals surface area contributed by atoms with Crippen molar-refractivity contribution in [3.8, 4) is 0 Å². The molecule has 1 aliphatic rings. The lowest BCUT2D eigenvalue weighted by Gasteiger charge is -2.27. The molecule has 2 aromatic carbocycles. The number of hydrogen-bond acceptors (Lipinski definition) is 3. The molecular weight excluding hydrogens is 386 g/mol. The van der Waals surface area contributed by atoms with Crippen LogP contribution < -0.4 is 5.73 Å². The van der Waals surface area contributed by atoms with Crippen LogP contribution in [0, 0.1) is 11.6 Å². The minimum absolute atomic E-state index is 0.148. The first-order valence-electron chi connectivity index (χ1n) is 9.66. The van der Waals surface area contributed by atoms with E-state index in [1.165, 1.54) is 0 Å². The zero-order chi connectivity index (χ0) is 21.3. The fourth-order valence-electron chi connectivity index (χ4n) is 3.77. The lowest BCUT2D eigenvalue weighted by atomic mass is 10.0. The van der Waals surface area contributed by atoms with Crippen LogP contribution in [0.5, 0.6) is 0 Å². The third-order valence-electron chi connectivity index (χ3n) is 5.24. The second kappa shape index (κ2) is 8.20. The molecule has 1 amide bonds. The largest absolute Gasteiger partial charge is 0.340 e. The molecule has 0 radical (unpaired) electrons. The van der Waals surface area contributed by atoms with Gasteiger partial charge in [-0.2, -0.15) is 0 Å². The Bertz CT molecular complexity index is 1090. The number of halogens is 2. The Morgan fingerprint density at radius 1 is 1.23 bits per heavy atom. The van der Waals surface area contributed by atoms with Crippen molar-refractivity contribution in [3.63, 3.8) is 0 Å². The fraction of sp³-hybridized carbons (Fsp3) is 0.217. The summed E-state index contributed by atoms with van der Waals surface area (Å²) in [7, 11) is 1.85. The topological polar surface area (TPSA) is 64.2 Å². The van der Waals surface area contributed by atoms with E-state index in [0.29, 0.717) is 12.0 Å². The van der Waals surface area contributed by atoms with Gasteiger partial charge in [0.25, 0.3) is 0 Å². The van der Waals surface area contributed by atoms with Gasteiger partial charge >= 0.3 is 0 Å². The molecule has 1 aromatic heterocycles. The van der Waals surface area contributed by atoms with E-state index in [9.17, 15) is 13.6 Å². The van der Waals surface area contributed by atoms with Crippen molar-refractivity contribution in [2.75, 3.05) is 6.54 Å². The number of amides is 1. The van der Waals surface area contributed by atoms with Gasteiger partial charge in [0.15, 0.2) is 0 Å². The van der Waals surface area contributed by atoms with Crippen molar-refractivity contribution in [1.29, 1.82) is 0 Å². The highest BCUT2D eigenvalue weighted by Crippen LogP contribution is 2.36. The monoisotopic (exact) mass is 408 g/mol. The molecule has 2 N–H and O–H groups in total. The van der Waals surface area contributed by atoms with Crippen LogP contribution in [0.2, 0.25) is 0 Å². The highest BCUT2D eigenvalue weighted by Gasteiger charge is 2.34. The van der Waals surface area contributed by atoms with Crippen molar-refractivity contribution in [2.24, 2.45) is 12.8 Å². The first-order valence-corrected chi connectivity index (χ1v) is 9.66. The van der Waals surface area contributed by atoms with E-state index in [1.807, 2.05) is 43.6 Å². The summed E-state index contributed by atoms with van der Waals surface area (Å²) in [5, 5.41) is 0. The predicted molar refractivity (Wildman–Crippen MR) is 110 cm³/mol. The molecule has 4 rings (SSSR count). The van der Waals surface area contributed by atoms with Crippen molar-refractivity contribution in [1.82, 2.24) is 14.5 Å². The minimum Gasteiger partial charge on any atom is -0.340 e. The number of carbonyl (C=O) groups excluding carboxylic acids is 1. The van der Waals surface area contributed by atoms with E-state index in [2.05, 4.69) is 4.98 Å². The van der Waals surface area contributed by atoms with Gasteiger partial charge in [0.1, 0.15) is 11.6 Å². The van der Waals surface area contributed by atoms with Crippen molar-refractivity contribution in [3.05, 3.63) is 95.6 Å². The maximum absolute atomic E-state index is 14.4. The molecule has 2 unspecified atom stereocenters. The molecule has 30 heavy (non-hydrogen) atoms. The van der Waals surface area contributed by atoms with E-state index in [0.717, 1.165) is 29.5 Å². The molecule has 2 heterocycles. The molecular formula is C23H22F2N4O. The fourth-order valence-corrected chi connectivity index (χ4v) is 3.77. The van der Waals surface area contributed by atoms with Gasteiger partial charge in [-0.3, -0.25) is 4.79 Å². The SMILES string of the molecule is Cn1cnc(CC(N)C(=O)N2CC(c3cc(F)ccc3F)=CC2c2ccccc2)c1. The number of carbonyl (C=O) groups is 1. The van der Waals surface area contributed by atoms with Gasteiger partial charge in [-0.1, -0.05) is 36.4 Å². The van der Waals surface area contributed by atoms with Crippen LogP contribution in [0.4, 0.5) is 8.78 Å². The highest BCUT2D eigenvalue weighted by atomic mass is 19.1. The van der Waals surface area contributed by atoms with E-state index in [4.69, 9.17) is 5.73 Å². The quantitative estimate of drug-likeness (QED) is 0.705. The van der Waals surface area contributed by atoms with E-state index >= 15 is 0 Å². The summed E-state index contributed by atoms with van der Waals surface area (Å²) in [6.07, 6.45) is 5.57. The molecule has 0 spiro atoms. The van der Waals surface area contributed by atoms with Gasteiger partial charge < -0.3 is 15.2 Å². The lowest BCUT2D eigenvalue weighted by Crippen LogP contribution is -2.45. The Labute approximate surface area is 173 Å². The molecule has 5 nitrogen and oxygen atoms in total. The predicted octanol–water partition coefficient (Wildman–Crippen LogP) is 3.24. The summed E-state index contributed by atoms with van der Waals surface area (Å²) in [5.74, 6) is -1.32. The van der Waals surface area contributed by atoms with Crippen molar-refractivity contribution >= 4 is 11.5 Å². The smallest absolute Gasteiger partial charge is 0.240 e. The van der Waals surface area contributed by atoms with Crippen LogP contribution in [-0.4, -0.2) is 32.9 Å². The van der Waals surface area contributed by atoms with Crippen LogP contribution in [0.15, 0.2) is 67.1 Å². The number of aryl methyl sites for hydroxylation is 1. The number of rotatable bonds is 5. The third kappa shape index (κ3) is 4.02. The number of aromatic nitrogens is 2. The molecule has 7 heteroatoms. The lowest BCUT2D eigenvalue weighted by molar-refractivity contribution is -0.133. The van der Waals surface area contributed by atoms with E-state index < -0.39 is 23.7 Å². The zero-order valence-corrected chi connectivity index (χ0v) is 16.5. The van der Waals surface area contributed by atoms with Crippen LogP contribution in [-0.2, 0) is 18.3 Å². The first-order chi connectivity index (χ1) is 14.4. The van der Waals surface area contributed by atoms with Crippen LogP contribution in [0.1, 0.15) is 22.9 Å². The van der Waals surface area contributed by atoms with Gasteiger partial charge in [-0.25, -0.2) is 13.8 Å². The second-order valence-electron chi connectivity index (χ2n) is 7.48. The first kappa shape index (κ1) is 20.0. The standard InChI is InChI=1S/C23H22F2N4O/c1-28-13-18(27-14-28)11-21(26)23(30)29-12-16(19-10-17(24)7-8-20(19)25)9-22(29)15-5-3-2-4-6-15/h2-10,13-14,21-22H,11-12,26H2,1H3. The van der Waals surface area contributed by atoms with E-state index in [-0.39, 0.29) is 18.0 Å². The third-order valence-corrected chi connectivity index (χ3v) is 5.24. The zero-order valence-electron chi connectivity index (χ0n) is 16.5. The maximum atomic E-state index is 14.4. The number of imidazole rings is 1. The second-order valence-corrected chi connectivity index (χ2v) is 7.48. The summed E-state index contributed by atoms with van der Waals surface area (Å²) >= 11 is 0. The molecule has 0 saturated carbocycles. The van der Waals surface area contributed by atoms with Gasteiger partial charge in [0.05, 0.1) is 24.1 Å². The van der Waals surface area contributed by atoms with Crippen molar-refractivity contribution < 1.29 is 13.6 Å². The van der Waals surface area contributed by atoms with Gasteiger partial charge in [-0.05, 0) is 29.3 Å². The average molecular weight is 408 g/mol. The van der Waals surface area contributed by atoms with Gasteiger partial charge in [0, 0.05) is 31.8 Å². The summed E-state index contributed by atoms with van der Waals surface area (Å²) in [5.41, 5.74) is 8.53. The Kier molecular flexibility index (Phi) is 5.46. The summed E-state index contributed by atoms with van der Waals surface area (Å²) < 4.78 is 29.9. The Hall–Kier alpha value is -3.32. The van der Waals surface area contributed by atoms with Gasteiger partial charge in [-0.15, -0.1) is 0 Å². The van der Waals surface area contributed by atoms with Gasteiger partial charge in [0.2, 0.25) is 5.91 Å². The maximum Gasteiger partial charge on any atom is 0.240 e. The number of nitrogens with two attached hydrogens (primary N) is 1. The molecule has 0 aliphatic carbocycles. The highest BCUT2D eigenvalue weighted by molar-refractivity contribution is 5.87. The van der Waals surface area contributed by atoms with E-state index in [1.54, 1.807) is 21.9 Å². The number of benzene rings is 2. The summed E-state index contributed by atoms with van der Waals surface area (Å²) in [6, 6.07) is 11.6. The van der Waals surface area contributed by atoms with Crippen molar-refractivity contribution in [2.45, 2.75) is 18.5 Å². The normalized spacial score (nSPS) is 17.1. The Morgan fingerprint density at radius 3 is 2.70 bits per heavy atom. The Balaban J connectivity index is 1.64. The van der Waals surface area contributed by atoms with Crippen LogP contribution >= 0.6 is 0 Å². The molecule has 3 aromatic rings.